The number of nitrogens with one attached hydrogen (secondary N) is 1. The number of para-hydroxylation sites is 1. The van der Waals surface area contributed by atoms with E-state index in [1.165, 1.54) is 18.4 Å². The van der Waals surface area contributed by atoms with Crippen LogP contribution in [0.1, 0.15) is 10.4 Å². The summed E-state index contributed by atoms with van der Waals surface area (Å²) in [7, 11) is 0. The highest BCUT2D eigenvalue weighted by atomic mass is 35.5. The van der Waals surface area contributed by atoms with Gasteiger partial charge in [0.15, 0.2) is 5.75 Å². The maximum Gasteiger partial charge on any atom is 0.259 e. The number of amides is 1. The molecule has 0 aliphatic heterocycles. The molecular formula is C15H9Cl2NO3. The van der Waals surface area contributed by atoms with Crippen molar-refractivity contribution in [3.63, 3.8) is 0 Å². The van der Waals surface area contributed by atoms with E-state index in [2.05, 4.69) is 5.32 Å². The Labute approximate surface area is 129 Å². The van der Waals surface area contributed by atoms with Crippen LogP contribution < -0.4 is 5.32 Å². The van der Waals surface area contributed by atoms with Crippen LogP contribution in [0.5, 0.6) is 5.75 Å². The van der Waals surface area contributed by atoms with E-state index in [1.807, 2.05) is 12.1 Å². The number of phenols is 1. The largest absolute Gasteiger partial charge is 0.505 e. The van der Waals surface area contributed by atoms with Gasteiger partial charge in [0.1, 0.15) is 11.8 Å². The van der Waals surface area contributed by atoms with Gasteiger partial charge >= 0.3 is 0 Å². The van der Waals surface area contributed by atoms with Crippen molar-refractivity contribution in [1.29, 1.82) is 0 Å². The Hall–Kier alpha value is -2.17. The van der Waals surface area contributed by atoms with Gasteiger partial charge in [-0.05, 0) is 18.2 Å². The average molecular weight is 322 g/mol. The molecule has 6 heteroatoms. The number of phenolic OH excluding ortho intramolecular Hbond substituents is 1. The number of hydrogen-bond donors (Lipinski definition) is 2. The predicted molar refractivity (Wildman–Crippen MR) is 82.3 cm³/mol. The van der Waals surface area contributed by atoms with E-state index in [9.17, 15) is 9.90 Å². The third-order valence-corrected chi connectivity index (χ3v) is 3.58. The van der Waals surface area contributed by atoms with Gasteiger partial charge in [-0.15, -0.1) is 0 Å². The number of anilines is 1. The van der Waals surface area contributed by atoms with Crippen LogP contribution in [-0.2, 0) is 0 Å². The lowest BCUT2D eigenvalue weighted by Gasteiger charge is -2.07. The van der Waals surface area contributed by atoms with Crippen molar-refractivity contribution in [2.45, 2.75) is 0 Å². The summed E-state index contributed by atoms with van der Waals surface area (Å²) in [6.07, 6.45) is 1.39. The van der Waals surface area contributed by atoms with E-state index >= 15 is 0 Å². The number of carbonyl (C=O) groups is 1. The molecule has 106 valence electrons. The number of rotatable bonds is 2. The summed E-state index contributed by atoms with van der Waals surface area (Å²) in [5.74, 6) is -0.567. The fourth-order valence-corrected chi connectivity index (χ4v) is 2.48. The second-order valence-corrected chi connectivity index (χ2v) is 5.20. The van der Waals surface area contributed by atoms with Gasteiger partial charge in [0, 0.05) is 11.1 Å². The molecule has 0 bridgehead atoms. The van der Waals surface area contributed by atoms with Gasteiger partial charge in [0.2, 0.25) is 0 Å². The van der Waals surface area contributed by atoms with Crippen molar-refractivity contribution in [2.75, 3.05) is 5.32 Å². The number of fused-ring (bicyclic) bond motifs is 1. The van der Waals surface area contributed by atoms with Gasteiger partial charge in [0.25, 0.3) is 5.91 Å². The first kappa shape index (κ1) is 13.8. The molecule has 0 aliphatic rings. The molecule has 1 heterocycles. The second-order valence-electron chi connectivity index (χ2n) is 4.39. The molecule has 0 saturated carbocycles. The lowest BCUT2D eigenvalue weighted by atomic mass is 10.1. The van der Waals surface area contributed by atoms with Gasteiger partial charge in [-0.25, -0.2) is 0 Å². The van der Waals surface area contributed by atoms with Crippen molar-refractivity contribution >= 4 is 45.8 Å². The Morgan fingerprint density at radius 2 is 1.81 bits per heavy atom. The third-order valence-electron chi connectivity index (χ3n) is 3.00. The molecule has 21 heavy (non-hydrogen) atoms. The van der Waals surface area contributed by atoms with Crippen molar-refractivity contribution in [1.82, 2.24) is 0 Å². The summed E-state index contributed by atoms with van der Waals surface area (Å²) in [6, 6.07) is 10.1. The Morgan fingerprint density at radius 3 is 2.52 bits per heavy atom. The normalized spacial score (nSPS) is 10.8. The van der Waals surface area contributed by atoms with Crippen LogP contribution in [0.25, 0.3) is 11.0 Å². The highest BCUT2D eigenvalue weighted by molar-refractivity contribution is 6.37. The fourth-order valence-electron chi connectivity index (χ4n) is 1.99. The highest BCUT2D eigenvalue weighted by Crippen LogP contribution is 2.35. The third kappa shape index (κ3) is 2.55. The Balaban J connectivity index is 1.93. The van der Waals surface area contributed by atoms with Crippen LogP contribution in [0.15, 0.2) is 47.1 Å². The van der Waals surface area contributed by atoms with Crippen molar-refractivity contribution in [2.24, 2.45) is 0 Å². The molecule has 0 atom stereocenters. The van der Waals surface area contributed by atoms with Gasteiger partial charge in [-0.2, -0.15) is 0 Å². The minimum Gasteiger partial charge on any atom is -0.505 e. The Kier molecular flexibility index (Phi) is 3.49. The van der Waals surface area contributed by atoms with Crippen molar-refractivity contribution < 1.29 is 14.3 Å². The smallest absolute Gasteiger partial charge is 0.259 e. The van der Waals surface area contributed by atoms with E-state index in [-0.39, 0.29) is 21.7 Å². The summed E-state index contributed by atoms with van der Waals surface area (Å²) in [4.78, 5) is 12.3. The maximum absolute atomic E-state index is 12.3. The average Bonchev–Trinajstić information content (AvgIpc) is 2.88. The predicted octanol–water partition coefficient (Wildman–Crippen LogP) is 4.70. The van der Waals surface area contributed by atoms with Crippen LogP contribution >= 0.6 is 23.2 Å². The molecule has 2 N–H and O–H groups in total. The zero-order valence-corrected chi connectivity index (χ0v) is 12.1. The van der Waals surface area contributed by atoms with E-state index < -0.39 is 0 Å². The van der Waals surface area contributed by atoms with Crippen LogP contribution in [0.4, 0.5) is 5.69 Å². The molecule has 0 radical (unpaired) electrons. The summed E-state index contributed by atoms with van der Waals surface area (Å²) in [5.41, 5.74) is 1.42. The lowest BCUT2D eigenvalue weighted by molar-refractivity contribution is 0.102. The summed E-state index contributed by atoms with van der Waals surface area (Å²) >= 11 is 11.6. The summed E-state index contributed by atoms with van der Waals surface area (Å²) in [6.45, 7) is 0. The molecule has 1 aromatic heterocycles. The van der Waals surface area contributed by atoms with Crippen LogP contribution in [0.3, 0.4) is 0 Å². The van der Waals surface area contributed by atoms with Crippen LogP contribution in [0, 0.1) is 0 Å². The van der Waals surface area contributed by atoms with Gasteiger partial charge < -0.3 is 14.8 Å². The molecule has 0 unspecified atom stereocenters. The molecule has 4 nitrogen and oxygen atoms in total. The van der Waals surface area contributed by atoms with Gasteiger partial charge in [0.05, 0.1) is 15.6 Å². The molecule has 0 fully saturated rings. The quantitative estimate of drug-likeness (QED) is 0.672. The first-order valence-electron chi connectivity index (χ1n) is 6.02. The molecular weight excluding hydrogens is 313 g/mol. The standard InChI is InChI=1S/C15H9Cl2NO3/c16-11-5-8(6-12(17)14(11)19)18-15(20)10-7-21-13-4-2-1-3-9(10)13/h1-7,19H,(H,18,20). The zero-order valence-electron chi connectivity index (χ0n) is 10.6. The van der Waals surface area contributed by atoms with Crippen molar-refractivity contribution in [3.05, 3.63) is 58.3 Å². The van der Waals surface area contributed by atoms with Crippen molar-refractivity contribution in [3.8, 4) is 5.75 Å². The minimum absolute atomic E-state index is 0.0647. The Morgan fingerprint density at radius 1 is 1.14 bits per heavy atom. The SMILES string of the molecule is O=C(Nc1cc(Cl)c(O)c(Cl)c1)c1coc2ccccc12. The van der Waals surface area contributed by atoms with Crippen LogP contribution in [-0.4, -0.2) is 11.0 Å². The van der Waals surface area contributed by atoms with E-state index in [0.717, 1.165) is 0 Å². The monoisotopic (exact) mass is 321 g/mol. The number of hydrogen-bond acceptors (Lipinski definition) is 3. The lowest BCUT2D eigenvalue weighted by Crippen LogP contribution is -2.11. The topological polar surface area (TPSA) is 62.5 Å². The maximum atomic E-state index is 12.3. The molecule has 0 saturated heterocycles. The Bertz CT molecular complexity index is 819. The molecule has 1 amide bonds. The zero-order chi connectivity index (χ0) is 15.0. The van der Waals surface area contributed by atoms with E-state index in [1.54, 1.807) is 12.1 Å². The summed E-state index contributed by atoms with van der Waals surface area (Å²) < 4.78 is 5.32. The summed E-state index contributed by atoms with van der Waals surface area (Å²) in [5, 5.41) is 13.0. The number of aromatic hydroxyl groups is 1. The molecule has 3 rings (SSSR count). The number of furan rings is 1. The van der Waals surface area contributed by atoms with E-state index in [4.69, 9.17) is 27.6 Å². The number of halogens is 2. The number of benzene rings is 2. The van der Waals surface area contributed by atoms with Gasteiger partial charge in [-0.1, -0.05) is 41.4 Å². The first-order chi connectivity index (χ1) is 10.1. The van der Waals surface area contributed by atoms with E-state index in [0.29, 0.717) is 22.2 Å². The van der Waals surface area contributed by atoms with Gasteiger partial charge in [-0.3, -0.25) is 4.79 Å². The second kappa shape index (κ2) is 5.31. The fraction of sp³-hybridized carbons (Fsp3) is 0. The molecule has 2 aromatic carbocycles. The first-order valence-corrected chi connectivity index (χ1v) is 6.77. The minimum atomic E-state index is -0.349. The number of carbonyl (C=O) groups excluding carboxylic acids is 1. The highest BCUT2D eigenvalue weighted by Gasteiger charge is 2.15. The van der Waals surface area contributed by atoms with Crippen LogP contribution in [0.2, 0.25) is 10.0 Å². The molecule has 3 aromatic rings. The molecule has 0 aliphatic carbocycles. The molecule has 0 spiro atoms.